The van der Waals surface area contributed by atoms with Crippen molar-refractivity contribution in [3.8, 4) is 0 Å². The van der Waals surface area contributed by atoms with E-state index in [1.54, 1.807) is 13.1 Å². The van der Waals surface area contributed by atoms with E-state index in [-0.39, 0.29) is 11.1 Å². The highest BCUT2D eigenvalue weighted by Gasteiger charge is 2.11. The Hall–Kier alpha value is -1.42. The molecule has 2 aromatic rings. The minimum absolute atomic E-state index is 0.112. The van der Waals surface area contributed by atoms with Crippen LogP contribution in [0.1, 0.15) is 5.56 Å². The van der Waals surface area contributed by atoms with Gasteiger partial charge in [0.2, 0.25) is 5.28 Å². The molecular weight excluding hydrogens is 217 g/mol. The predicted molar refractivity (Wildman–Crippen MR) is 58.8 cm³/mol. The summed E-state index contributed by atoms with van der Waals surface area (Å²) in [6, 6.07) is 3.07. The van der Waals surface area contributed by atoms with Gasteiger partial charge in [0.1, 0.15) is 11.6 Å². The summed E-state index contributed by atoms with van der Waals surface area (Å²) < 4.78 is 13.6. The topological polar surface area (TPSA) is 37.8 Å². The molecule has 0 amide bonds. The minimum atomic E-state index is -0.350. The molecule has 0 aliphatic carbocycles. The Kier molecular flexibility index (Phi) is 2.44. The number of halogens is 2. The Bertz CT molecular complexity index is 528. The zero-order valence-electron chi connectivity index (χ0n) is 8.31. The lowest BCUT2D eigenvalue weighted by Gasteiger charge is -2.07. The second kappa shape index (κ2) is 3.62. The molecule has 0 bridgehead atoms. The molecule has 3 nitrogen and oxygen atoms in total. The van der Waals surface area contributed by atoms with Gasteiger partial charge in [-0.2, -0.15) is 0 Å². The maximum atomic E-state index is 13.6. The number of aryl methyl sites for hydroxylation is 1. The molecule has 0 unspecified atom stereocenters. The normalized spacial score (nSPS) is 10.7. The van der Waals surface area contributed by atoms with Crippen LogP contribution in [0.5, 0.6) is 0 Å². The highest BCUT2D eigenvalue weighted by Crippen LogP contribution is 2.26. The first-order valence-electron chi connectivity index (χ1n) is 4.43. The van der Waals surface area contributed by atoms with Gasteiger partial charge in [-0.1, -0.05) is 6.07 Å². The number of anilines is 1. The number of rotatable bonds is 1. The largest absolute Gasteiger partial charge is 0.372 e. The van der Waals surface area contributed by atoms with E-state index < -0.39 is 0 Å². The van der Waals surface area contributed by atoms with Crippen LogP contribution in [-0.4, -0.2) is 17.0 Å². The molecule has 78 valence electrons. The minimum Gasteiger partial charge on any atom is -0.372 e. The summed E-state index contributed by atoms with van der Waals surface area (Å²) in [7, 11) is 1.67. The molecule has 0 spiro atoms. The van der Waals surface area contributed by atoms with Gasteiger partial charge in [-0.05, 0) is 30.2 Å². The highest BCUT2D eigenvalue weighted by molar-refractivity contribution is 6.28. The average Bonchev–Trinajstić information content (AvgIpc) is 2.22. The van der Waals surface area contributed by atoms with Gasteiger partial charge in [-0.25, -0.2) is 14.4 Å². The first-order valence-corrected chi connectivity index (χ1v) is 4.81. The second-order valence-electron chi connectivity index (χ2n) is 3.18. The Balaban J connectivity index is 2.95. The number of aromatic nitrogens is 2. The van der Waals surface area contributed by atoms with Crippen molar-refractivity contribution < 1.29 is 4.39 Å². The zero-order chi connectivity index (χ0) is 11.0. The number of hydrogen-bond donors (Lipinski definition) is 1. The van der Waals surface area contributed by atoms with E-state index in [4.69, 9.17) is 11.6 Å². The molecule has 0 saturated carbocycles. The molecule has 1 aromatic carbocycles. The van der Waals surface area contributed by atoms with E-state index in [0.29, 0.717) is 16.7 Å². The van der Waals surface area contributed by atoms with Crippen molar-refractivity contribution in [1.82, 2.24) is 9.97 Å². The predicted octanol–water partition coefficient (Wildman–Crippen LogP) is 2.77. The van der Waals surface area contributed by atoms with Crippen molar-refractivity contribution in [1.29, 1.82) is 0 Å². The van der Waals surface area contributed by atoms with Crippen molar-refractivity contribution >= 4 is 28.3 Å². The van der Waals surface area contributed by atoms with Crippen molar-refractivity contribution in [2.24, 2.45) is 0 Å². The van der Waals surface area contributed by atoms with E-state index in [2.05, 4.69) is 15.3 Å². The fourth-order valence-electron chi connectivity index (χ4n) is 1.49. The lowest BCUT2D eigenvalue weighted by Crippen LogP contribution is -1.99. The third-order valence-corrected chi connectivity index (χ3v) is 2.38. The van der Waals surface area contributed by atoms with E-state index in [1.165, 1.54) is 6.07 Å². The fraction of sp³-hybridized carbons (Fsp3) is 0.200. The fourth-order valence-corrected chi connectivity index (χ4v) is 1.66. The maximum Gasteiger partial charge on any atom is 0.224 e. The zero-order valence-corrected chi connectivity index (χ0v) is 9.06. The Morgan fingerprint density at radius 1 is 1.33 bits per heavy atom. The van der Waals surface area contributed by atoms with Gasteiger partial charge in [0.05, 0.1) is 10.9 Å². The van der Waals surface area contributed by atoms with Crippen LogP contribution in [0.2, 0.25) is 5.28 Å². The lowest BCUT2D eigenvalue weighted by molar-refractivity contribution is 0.639. The van der Waals surface area contributed by atoms with Crippen LogP contribution in [0.4, 0.5) is 10.2 Å². The van der Waals surface area contributed by atoms with E-state index in [9.17, 15) is 4.39 Å². The number of benzene rings is 1. The molecule has 0 fully saturated rings. The van der Waals surface area contributed by atoms with Crippen LogP contribution in [0.3, 0.4) is 0 Å². The van der Waals surface area contributed by atoms with E-state index >= 15 is 0 Å². The van der Waals surface area contributed by atoms with Crippen molar-refractivity contribution in [3.63, 3.8) is 0 Å². The van der Waals surface area contributed by atoms with E-state index in [0.717, 1.165) is 5.56 Å². The third-order valence-electron chi connectivity index (χ3n) is 2.21. The monoisotopic (exact) mass is 225 g/mol. The summed E-state index contributed by atoms with van der Waals surface area (Å²) in [5.74, 6) is 0.0582. The van der Waals surface area contributed by atoms with Crippen LogP contribution < -0.4 is 5.32 Å². The van der Waals surface area contributed by atoms with Gasteiger partial charge < -0.3 is 5.32 Å². The quantitative estimate of drug-likeness (QED) is 0.759. The SMILES string of the molecule is CNc1nc(Cl)nc2c(C)ccc(F)c12. The number of nitrogens with zero attached hydrogens (tertiary/aromatic N) is 2. The molecule has 15 heavy (non-hydrogen) atoms. The van der Waals surface area contributed by atoms with Crippen molar-refractivity contribution in [3.05, 3.63) is 28.8 Å². The summed E-state index contributed by atoms with van der Waals surface area (Å²) in [4.78, 5) is 7.94. The Morgan fingerprint density at radius 3 is 2.73 bits per heavy atom. The van der Waals surface area contributed by atoms with Crippen LogP contribution in [0, 0.1) is 12.7 Å². The summed E-state index contributed by atoms with van der Waals surface area (Å²) in [6.45, 7) is 1.85. The molecule has 0 atom stereocenters. The summed E-state index contributed by atoms with van der Waals surface area (Å²) in [5, 5.41) is 3.29. The first-order chi connectivity index (χ1) is 7.13. The summed E-state index contributed by atoms with van der Waals surface area (Å²) in [5.41, 5.74) is 1.41. The van der Waals surface area contributed by atoms with Crippen LogP contribution in [0.15, 0.2) is 12.1 Å². The molecule has 2 rings (SSSR count). The van der Waals surface area contributed by atoms with Crippen LogP contribution in [-0.2, 0) is 0 Å². The maximum absolute atomic E-state index is 13.6. The van der Waals surface area contributed by atoms with Crippen LogP contribution in [0.25, 0.3) is 10.9 Å². The molecule has 1 N–H and O–H groups in total. The standard InChI is InChI=1S/C10H9ClFN3/c1-5-3-4-6(12)7-8(5)14-10(11)15-9(7)13-2/h3-4H,1-2H3,(H,13,14,15). The molecule has 0 aliphatic rings. The van der Waals surface area contributed by atoms with Gasteiger partial charge in [-0.15, -0.1) is 0 Å². The van der Waals surface area contributed by atoms with Crippen LogP contribution >= 0.6 is 11.6 Å². The molecule has 1 aromatic heterocycles. The van der Waals surface area contributed by atoms with Gasteiger partial charge >= 0.3 is 0 Å². The smallest absolute Gasteiger partial charge is 0.224 e. The lowest BCUT2D eigenvalue weighted by atomic mass is 10.1. The third kappa shape index (κ3) is 1.61. The van der Waals surface area contributed by atoms with E-state index in [1.807, 2.05) is 6.92 Å². The van der Waals surface area contributed by atoms with Gasteiger partial charge in [-0.3, -0.25) is 0 Å². The molecule has 1 heterocycles. The van der Waals surface area contributed by atoms with Crippen molar-refractivity contribution in [2.45, 2.75) is 6.92 Å². The molecule has 0 saturated heterocycles. The van der Waals surface area contributed by atoms with Crippen molar-refractivity contribution in [2.75, 3.05) is 12.4 Å². The Labute approximate surface area is 91.3 Å². The Morgan fingerprint density at radius 2 is 2.07 bits per heavy atom. The van der Waals surface area contributed by atoms with Gasteiger partial charge in [0, 0.05) is 7.05 Å². The first kappa shape index (κ1) is 10.1. The summed E-state index contributed by atoms with van der Waals surface area (Å²) >= 11 is 5.74. The molecular formula is C10H9ClFN3. The number of fused-ring (bicyclic) bond motifs is 1. The number of nitrogens with one attached hydrogen (secondary N) is 1. The molecule has 5 heteroatoms. The van der Waals surface area contributed by atoms with Gasteiger partial charge in [0.25, 0.3) is 0 Å². The number of hydrogen-bond acceptors (Lipinski definition) is 3. The summed E-state index contributed by atoms with van der Waals surface area (Å²) in [6.07, 6.45) is 0. The average molecular weight is 226 g/mol. The molecule has 0 aliphatic heterocycles. The second-order valence-corrected chi connectivity index (χ2v) is 3.52. The van der Waals surface area contributed by atoms with Gasteiger partial charge in [0.15, 0.2) is 0 Å². The molecule has 0 radical (unpaired) electrons. The highest BCUT2D eigenvalue weighted by atomic mass is 35.5.